The molecule has 7 nitrogen and oxygen atoms in total. The molecular weight excluding hydrogens is 406 g/mol. The molecule has 0 fully saturated rings. The molecule has 0 aliphatic rings. The number of nitrogens with two attached hydrogens (primary N) is 1. The molecule has 0 saturated carbocycles. The third-order valence-corrected chi connectivity index (χ3v) is 4.87. The zero-order valence-corrected chi connectivity index (χ0v) is 19.0. The molecule has 172 valence electrons. The highest BCUT2D eigenvalue weighted by molar-refractivity contribution is 5.89. The van der Waals surface area contributed by atoms with Gasteiger partial charge in [-0.05, 0) is 55.5 Å². The molecule has 0 saturated heterocycles. The molecule has 32 heavy (non-hydrogen) atoms. The fraction of sp³-hybridized carbons (Fsp3) is 0.400. The van der Waals surface area contributed by atoms with Crippen molar-refractivity contribution in [3.63, 3.8) is 0 Å². The molecular formula is C25H33N3O4. The number of nitrogens with one attached hydrogen (secondary N) is 1. The molecule has 1 amide bonds. The fourth-order valence-corrected chi connectivity index (χ4v) is 3.12. The number of esters is 1. The summed E-state index contributed by atoms with van der Waals surface area (Å²) in [5.74, 6) is -0.304. The number of hydrogen-bond acceptors (Lipinski definition) is 6. The molecule has 3 N–H and O–H groups in total. The molecule has 0 spiro atoms. The highest BCUT2D eigenvalue weighted by Crippen LogP contribution is 2.14. The number of hydrogen-bond donors (Lipinski definition) is 2. The molecule has 2 rings (SSSR count). The predicted octanol–water partition coefficient (Wildman–Crippen LogP) is 3.58. The van der Waals surface area contributed by atoms with E-state index in [0.29, 0.717) is 37.8 Å². The minimum Gasteiger partial charge on any atom is -0.475 e. The van der Waals surface area contributed by atoms with Crippen LogP contribution in [0.15, 0.2) is 48.9 Å². The van der Waals surface area contributed by atoms with Gasteiger partial charge in [-0.2, -0.15) is 0 Å². The number of rotatable bonds is 14. The number of benzene rings is 1. The smallest absolute Gasteiger partial charge is 0.357 e. The topological polar surface area (TPSA) is 104 Å². The van der Waals surface area contributed by atoms with E-state index >= 15 is 0 Å². The number of unbranched alkanes of at least 4 members (excludes halogenated alkanes) is 1. The number of aromatic nitrogens is 1. The normalized spacial score (nSPS) is 10.4. The zero-order chi connectivity index (χ0) is 23.3. The van der Waals surface area contributed by atoms with Crippen LogP contribution in [-0.2, 0) is 33.7 Å². The summed E-state index contributed by atoms with van der Waals surface area (Å²) >= 11 is 0. The molecule has 0 unspecified atom stereocenters. The van der Waals surface area contributed by atoms with Gasteiger partial charge in [0.1, 0.15) is 6.61 Å². The van der Waals surface area contributed by atoms with E-state index in [-0.39, 0.29) is 18.3 Å². The van der Waals surface area contributed by atoms with Gasteiger partial charge in [0.15, 0.2) is 11.6 Å². The van der Waals surface area contributed by atoms with Crippen LogP contribution in [0, 0.1) is 6.92 Å². The molecule has 0 radical (unpaired) electrons. The summed E-state index contributed by atoms with van der Waals surface area (Å²) in [4.78, 5) is 28.0. The van der Waals surface area contributed by atoms with Crippen molar-refractivity contribution in [1.29, 1.82) is 0 Å². The Morgan fingerprint density at radius 3 is 2.53 bits per heavy atom. The van der Waals surface area contributed by atoms with Crippen LogP contribution >= 0.6 is 0 Å². The first-order valence-corrected chi connectivity index (χ1v) is 10.9. The maximum Gasteiger partial charge on any atom is 0.357 e. The van der Waals surface area contributed by atoms with E-state index in [1.807, 2.05) is 43.3 Å². The summed E-state index contributed by atoms with van der Waals surface area (Å²) in [6.07, 6.45) is 3.42. The number of amides is 1. The van der Waals surface area contributed by atoms with Gasteiger partial charge in [0.25, 0.3) is 0 Å². The minimum absolute atomic E-state index is 0.174. The lowest BCUT2D eigenvalue weighted by atomic mass is 10.1. The monoisotopic (exact) mass is 439 g/mol. The summed E-state index contributed by atoms with van der Waals surface area (Å²) in [5, 5.41) is 3.14. The second-order valence-corrected chi connectivity index (χ2v) is 7.60. The van der Waals surface area contributed by atoms with Crippen molar-refractivity contribution in [2.75, 3.05) is 13.2 Å². The molecule has 7 heteroatoms. The lowest BCUT2D eigenvalue weighted by molar-refractivity contribution is -0.117. The Kier molecular flexibility index (Phi) is 10.2. The Bertz CT molecular complexity index is 927. The number of ether oxygens (including phenoxy) is 2. The summed E-state index contributed by atoms with van der Waals surface area (Å²) in [5.41, 5.74) is 9.09. The van der Waals surface area contributed by atoms with Gasteiger partial charge >= 0.3 is 5.97 Å². The second kappa shape index (κ2) is 13.1. The second-order valence-electron chi connectivity index (χ2n) is 7.60. The van der Waals surface area contributed by atoms with E-state index in [9.17, 15) is 9.59 Å². The van der Waals surface area contributed by atoms with Crippen molar-refractivity contribution in [3.8, 4) is 0 Å². The molecule has 0 aliphatic heterocycles. The van der Waals surface area contributed by atoms with Gasteiger partial charge < -0.3 is 20.5 Å². The van der Waals surface area contributed by atoms with E-state index in [1.165, 1.54) is 0 Å². The molecule has 1 aromatic carbocycles. The summed E-state index contributed by atoms with van der Waals surface area (Å²) in [6, 6.07) is 11.3. The van der Waals surface area contributed by atoms with E-state index in [0.717, 1.165) is 41.6 Å². The highest BCUT2D eigenvalue weighted by atomic mass is 16.5. The van der Waals surface area contributed by atoms with E-state index in [4.69, 9.17) is 15.2 Å². The lowest BCUT2D eigenvalue weighted by Crippen LogP contribution is -2.18. The first-order valence-electron chi connectivity index (χ1n) is 10.9. The molecule has 0 aliphatic carbocycles. The third-order valence-electron chi connectivity index (χ3n) is 4.87. The van der Waals surface area contributed by atoms with Crippen LogP contribution < -0.4 is 11.1 Å². The first-order chi connectivity index (χ1) is 15.4. The van der Waals surface area contributed by atoms with Gasteiger partial charge in [-0.25, -0.2) is 9.78 Å². The van der Waals surface area contributed by atoms with Gasteiger partial charge in [-0.3, -0.25) is 4.79 Å². The average molecular weight is 440 g/mol. The SMILES string of the molecule is C=C(NCCCc1ccc(C)nc1C(=O)OCCCC)OCc1ccccc1CC(N)=O. The Morgan fingerprint density at radius 2 is 1.81 bits per heavy atom. The largest absolute Gasteiger partial charge is 0.475 e. The van der Waals surface area contributed by atoms with Crippen LogP contribution in [0.1, 0.15) is 59.1 Å². The number of carbonyl (C=O) groups is 2. The number of nitrogens with zero attached hydrogens (tertiary/aromatic N) is 1. The van der Waals surface area contributed by atoms with Crippen molar-refractivity contribution in [3.05, 3.63) is 76.9 Å². The average Bonchev–Trinajstić information content (AvgIpc) is 2.76. The Morgan fingerprint density at radius 1 is 1.06 bits per heavy atom. The van der Waals surface area contributed by atoms with Gasteiger partial charge in [-0.1, -0.05) is 43.7 Å². The van der Waals surface area contributed by atoms with Crippen molar-refractivity contribution in [2.24, 2.45) is 5.73 Å². The minimum atomic E-state index is -0.381. The van der Waals surface area contributed by atoms with Gasteiger partial charge in [-0.15, -0.1) is 0 Å². The van der Waals surface area contributed by atoms with Crippen LogP contribution in [-0.4, -0.2) is 30.0 Å². The van der Waals surface area contributed by atoms with Gasteiger partial charge in [0, 0.05) is 12.2 Å². The zero-order valence-electron chi connectivity index (χ0n) is 19.0. The van der Waals surface area contributed by atoms with Gasteiger partial charge in [0.2, 0.25) is 5.91 Å². The molecule has 2 aromatic rings. The number of carbonyl (C=O) groups excluding carboxylic acids is 2. The highest BCUT2D eigenvalue weighted by Gasteiger charge is 2.15. The van der Waals surface area contributed by atoms with E-state index < -0.39 is 0 Å². The molecule has 0 atom stereocenters. The summed E-state index contributed by atoms with van der Waals surface area (Å²) < 4.78 is 11.0. The van der Waals surface area contributed by atoms with Crippen molar-refractivity contribution >= 4 is 11.9 Å². The van der Waals surface area contributed by atoms with Crippen molar-refractivity contribution < 1.29 is 19.1 Å². The molecule has 0 bridgehead atoms. The van der Waals surface area contributed by atoms with Gasteiger partial charge in [0.05, 0.1) is 13.0 Å². The molecule has 1 aromatic heterocycles. The summed E-state index contributed by atoms with van der Waals surface area (Å²) in [6.45, 7) is 9.13. The third kappa shape index (κ3) is 8.41. The van der Waals surface area contributed by atoms with Crippen LogP contribution in [0.2, 0.25) is 0 Å². The predicted molar refractivity (Wildman–Crippen MR) is 124 cm³/mol. The van der Waals surface area contributed by atoms with Crippen LogP contribution in [0.4, 0.5) is 0 Å². The number of pyridine rings is 1. The van der Waals surface area contributed by atoms with Crippen molar-refractivity contribution in [1.82, 2.24) is 10.3 Å². The maximum atomic E-state index is 12.4. The quantitative estimate of drug-likeness (QED) is 0.265. The maximum absolute atomic E-state index is 12.4. The van der Waals surface area contributed by atoms with Crippen molar-refractivity contribution in [2.45, 2.75) is 52.6 Å². The summed E-state index contributed by atoms with van der Waals surface area (Å²) in [7, 11) is 0. The molecule has 1 heterocycles. The van der Waals surface area contributed by atoms with Crippen LogP contribution in [0.3, 0.4) is 0 Å². The Balaban J connectivity index is 1.81. The standard InChI is InChI=1S/C25H33N3O4/c1-4-5-15-31-25(30)24-20(13-12-18(2)28-24)11-8-14-27-19(3)32-17-22-10-7-6-9-21(22)16-23(26)29/h6-7,9-10,12-13,27H,3-5,8,11,14-17H2,1-2H3,(H2,26,29). The number of aryl methyl sites for hydroxylation is 2. The fourth-order valence-electron chi connectivity index (χ4n) is 3.12. The van der Waals surface area contributed by atoms with E-state index in [1.54, 1.807) is 0 Å². The lowest BCUT2D eigenvalue weighted by Gasteiger charge is -2.14. The first kappa shape index (κ1) is 24.9. The van der Waals surface area contributed by atoms with Crippen LogP contribution in [0.5, 0.6) is 0 Å². The Hall–Kier alpha value is -3.35. The number of primary amides is 1. The van der Waals surface area contributed by atoms with E-state index in [2.05, 4.69) is 23.8 Å². The van der Waals surface area contributed by atoms with Crippen LogP contribution in [0.25, 0.3) is 0 Å². The Labute approximate surface area is 190 Å².